The van der Waals surface area contributed by atoms with Gasteiger partial charge in [-0.1, -0.05) is 31.9 Å². The van der Waals surface area contributed by atoms with Crippen molar-refractivity contribution >= 4 is 5.96 Å². The number of hydrogen-bond donors (Lipinski definition) is 1. The minimum Gasteiger partial charge on any atom is -0.497 e. The number of nitrogens with one attached hydrogen (secondary N) is 1. The summed E-state index contributed by atoms with van der Waals surface area (Å²) in [5.41, 5.74) is 1.42. The quantitative estimate of drug-likeness (QED) is 0.772. The van der Waals surface area contributed by atoms with Crippen LogP contribution in [0.1, 0.15) is 44.6 Å². The number of rotatable bonds is 7. The highest BCUT2D eigenvalue weighted by molar-refractivity contribution is 5.78. The van der Waals surface area contributed by atoms with Crippen LogP contribution in [0.15, 0.2) is 24.3 Å². The normalized spacial score (nSPS) is 25.8. The second-order valence-electron chi connectivity index (χ2n) is 7.95. The predicted octanol–water partition coefficient (Wildman–Crippen LogP) is 2.86. The smallest absolute Gasteiger partial charge is 0.349 e. The summed E-state index contributed by atoms with van der Waals surface area (Å²) in [4.78, 5) is 2.70. The van der Waals surface area contributed by atoms with Crippen molar-refractivity contribution in [2.24, 2.45) is 5.92 Å². The number of ether oxygens (including phenoxy) is 1. The number of benzene rings is 1. The van der Waals surface area contributed by atoms with Crippen LogP contribution in [-0.4, -0.2) is 54.3 Å². The van der Waals surface area contributed by atoms with Gasteiger partial charge in [-0.25, -0.2) is 0 Å². The SMILES string of the molecule is CCC[C@H]1CNC2=[N+]1C[C@@H](Cc1ccc(OC)cc1)N2CC1CCC1. The Bertz CT molecular complexity index is 621. The summed E-state index contributed by atoms with van der Waals surface area (Å²) >= 11 is 0. The van der Waals surface area contributed by atoms with E-state index >= 15 is 0 Å². The van der Waals surface area contributed by atoms with Crippen LogP contribution in [0.2, 0.25) is 0 Å². The molecule has 0 aromatic heterocycles. The fourth-order valence-corrected chi connectivity index (χ4v) is 4.58. The molecule has 0 amide bonds. The molecule has 25 heavy (non-hydrogen) atoms. The third-order valence-corrected chi connectivity index (χ3v) is 6.26. The lowest BCUT2D eigenvalue weighted by atomic mass is 9.85. The van der Waals surface area contributed by atoms with E-state index in [9.17, 15) is 0 Å². The summed E-state index contributed by atoms with van der Waals surface area (Å²) in [5.74, 6) is 3.27. The van der Waals surface area contributed by atoms with Gasteiger partial charge in [0.1, 0.15) is 24.4 Å². The van der Waals surface area contributed by atoms with Gasteiger partial charge in [0.05, 0.1) is 20.2 Å². The molecule has 0 bridgehead atoms. The van der Waals surface area contributed by atoms with Gasteiger partial charge in [-0.15, -0.1) is 0 Å². The Morgan fingerprint density at radius 2 is 2.04 bits per heavy atom. The van der Waals surface area contributed by atoms with Crippen molar-refractivity contribution in [1.82, 2.24) is 10.2 Å². The molecule has 0 unspecified atom stereocenters. The summed E-state index contributed by atoms with van der Waals surface area (Å²) in [7, 11) is 1.73. The van der Waals surface area contributed by atoms with E-state index in [1.165, 1.54) is 56.7 Å². The highest BCUT2D eigenvalue weighted by Crippen LogP contribution is 2.30. The molecular formula is C21H32N3O+. The van der Waals surface area contributed by atoms with Crippen molar-refractivity contribution in [1.29, 1.82) is 0 Å². The minimum absolute atomic E-state index is 0.594. The van der Waals surface area contributed by atoms with Crippen LogP contribution in [0.5, 0.6) is 5.75 Å². The molecule has 1 saturated carbocycles. The van der Waals surface area contributed by atoms with Crippen LogP contribution in [0.4, 0.5) is 0 Å². The van der Waals surface area contributed by atoms with E-state index in [2.05, 4.69) is 46.0 Å². The summed E-state index contributed by atoms with van der Waals surface area (Å²) < 4.78 is 7.97. The molecule has 1 aromatic rings. The molecule has 136 valence electrons. The first-order valence-corrected chi connectivity index (χ1v) is 10.1. The summed E-state index contributed by atoms with van der Waals surface area (Å²) in [5, 5.41) is 3.74. The Labute approximate surface area is 151 Å². The highest BCUT2D eigenvalue weighted by Gasteiger charge is 2.45. The van der Waals surface area contributed by atoms with Gasteiger partial charge in [-0.2, -0.15) is 0 Å². The van der Waals surface area contributed by atoms with Gasteiger partial charge >= 0.3 is 5.96 Å². The molecule has 1 fully saturated rings. The molecule has 2 aliphatic heterocycles. The lowest BCUT2D eigenvalue weighted by Crippen LogP contribution is -2.47. The van der Waals surface area contributed by atoms with E-state index in [0.717, 1.165) is 24.6 Å². The number of guanidine groups is 1. The van der Waals surface area contributed by atoms with Gasteiger partial charge in [0.15, 0.2) is 0 Å². The van der Waals surface area contributed by atoms with Gasteiger partial charge in [0.25, 0.3) is 0 Å². The monoisotopic (exact) mass is 342 g/mol. The first kappa shape index (κ1) is 16.7. The second-order valence-corrected chi connectivity index (χ2v) is 7.95. The number of hydrogen-bond acceptors (Lipinski definition) is 3. The summed E-state index contributed by atoms with van der Waals surface area (Å²) in [6.07, 6.45) is 7.93. The highest BCUT2D eigenvalue weighted by atomic mass is 16.5. The largest absolute Gasteiger partial charge is 0.497 e. The van der Waals surface area contributed by atoms with Crippen LogP contribution in [0.25, 0.3) is 0 Å². The predicted molar refractivity (Wildman–Crippen MR) is 101 cm³/mol. The lowest BCUT2D eigenvalue weighted by Gasteiger charge is -2.31. The molecule has 4 rings (SSSR count). The van der Waals surface area contributed by atoms with Crippen LogP contribution in [0.3, 0.4) is 0 Å². The Morgan fingerprint density at radius 1 is 1.24 bits per heavy atom. The second kappa shape index (κ2) is 7.27. The fraction of sp³-hybridized carbons (Fsp3) is 0.667. The van der Waals surface area contributed by atoms with E-state index in [-0.39, 0.29) is 0 Å². The van der Waals surface area contributed by atoms with Gasteiger partial charge in [-0.05, 0) is 42.9 Å². The minimum atomic E-state index is 0.594. The Kier molecular flexibility index (Phi) is 4.87. The van der Waals surface area contributed by atoms with Gasteiger partial charge in [-0.3, -0.25) is 14.8 Å². The first-order valence-electron chi connectivity index (χ1n) is 10.1. The van der Waals surface area contributed by atoms with Crippen LogP contribution in [-0.2, 0) is 6.42 Å². The third kappa shape index (κ3) is 3.36. The molecule has 1 N–H and O–H groups in total. The summed E-state index contributed by atoms with van der Waals surface area (Å²) in [6.45, 7) is 5.83. The van der Waals surface area contributed by atoms with Crippen LogP contribution >= 0.6 is 0 Å². The standard InChI is InChI=1S/C21H31N3O/c1-3-5-18-13-22-21-23(14-17-6-4-7-17)19(15-24(18)21)12-16-8-10-20(25-2)11-9-16/h8-11,17-19H,3-7,12-15H2,1-2H3/p+1/t18-,19+/m0/s1. The van der Waals surface area contributed by atoms with E-state index in [1.807, 2.05) is 0 Å². The number of nitrogens with zero attached hydrogens (tertiary/aromatic N) is 2. The third-order valence-electron chi connectivity index (χ3n) is 6.26. The van der Waals surface area contributed by atoms with Crippen molar-refractivity contribution < 1.29 is 9.31 Å². The molecule has 0 radical (unpaired) electrons. The molecule has 1 aromatic carbocycles. The topological polar surface area (TPSA) is 27.5 Å². The van der Waals surface area contributed by atoms with E-state index in [4.69, 9.17) is 4.74 Å². The first-order chi connectivity index (χ1) is 12.3. The van der Waals surface area contributed by atoms with Crippen LogP contribution in [0, 0.1) is 5.92 Å². The maximum atomic E-state index is 5.30. The maximum absolute atomic E-state index is 5.30. The van der Waals surface area contributed by atoms with E-state index < -0.39 is 0 Å². The molecule has 4 heteroatoms. The molecule has 4 nitrogen and oxygen atoms in total. The molecule has 1 aliphatic carbocycles. The van der Waals surface area contributed by atoms with Crippen molar-refractivity contribution in [2.45, 2.75) is 57.5 Å². The zero-order valence-corrected chi connectivity index (χ0v) is 15.7. The van der Waals surface area contributed by atoms with Crippen LogP contribution < -0.4 is 10.1 Å². The van der Waals surface area contributed by atoms with Crippen molar-refractivity contribution in [3.05, 3.63) is 29.8 Å². The Balaban J connectivity index is 1.49. The fourth-order valence-electron chi connectivity index (χ4n) is 4.58. The Morgan fingerprint density at radius 3 is 2.68 bits per heavy atom. The average Bonchev–Trinajstić information content (AvgIpc) is 3.12. The molecule has 0 spiro atoms. The molecule has 3 aliphatic rings. The molecule has 2 atom stereocenters. The zero-order chi connectivity index (χ0) is 17.2. The maximum Gasteiger partial charge on any atom is 0.349 e. The average molecular weight is 343 g/mol. The van der Waals surface area contributed by atoms with Gasteiger partial charge < -0.3 is 4.74 Å². The number of methoxy groups -OCH3 is 1. The lowest BCUT2D eigenvalue weighted by molar-refractivity contribution is -0.550. The van der Waals surface area contributed by atoms with E-state index in [1.54, 1.807) is 7.11 Å². The van der Waals surface area contributed by atoms with Gasteiger partial charge in [0.2, 0.25) is 0 Å². The molecule has 0 saturated heterocycles. The van der Waals surface area contributed by atoms with Crippen molar-refractivity contribution in [3.63, 3.8) is 0 Å². The van der Waals surface area contributed by atoms with E-state index in [0.29, 0.717) is 12.1 Å². The Hall–Kier alpha value is -1.71. The molecular weight excluding hydrogens is 310 g/mol. The zero-order valence-electron chi connectivity index (χ0n) is 15.7. The summed E-state index contributed by atoms with van der Waals surface area (Å²) in [6, 6.07) is 9.91. The van der Waals surface area contributed by atoms with Crippen molar-refractivity contribution in [2.75, 3.05) is 26.7 Å². The molecule has 2 heterocycles. The van der Waals surface area contributed by atoms with Crippen molar-refractivity contribution in [3.8, 4) is 5.75 Å². The van der Waals surface area contributed by atoms with Gasteiger partial charge in [0, 0.05) is 6.42 Å².